The van der Waals surface area contributed by atoms with Gasteiger partial charge in [0.25, 0.3) is 0 Å². The van der Waals surface area contributed by atoms with Crippen molar-refractivity contribution in [1.82, 2.24) is 0 Å². The van der Waals surface area contributed by atoms with Crippen molar-refractivity contribution in [2.75, 3.05) is 0 Å². The minimum Gasteiger partial charge on any atom is -0.447 e. The van der Waals surface area contributed by atoms with Crippen molar-refractivity contribution in [2.45, 2.75) is 25.9 Å². The fraction of sp³-hybridized carbons (Fsp3) is 0.333. The zero-order chi connectivity index (χ0) is 11.9. The number of ketones is 1. The number of fused-ring (bicyclic) bond motifs is 1. The Labute approximate surface area is 92.2 Å². The van der Waals surface area contributed by atoms with Crippen LogP contribution in [0.4, 0.5) is 4.39 Å². The first-order valence-corrected chi connectivity index (χ1v) is 4.95. The van der Waals surface area contributed by atoms with Gasteiger partial charge in [-0.05, 0) is 37.6 Å². The van der Waals surface area contributed by atoms with Gasteiger partial charge >= 0.3 is 5.97 Å². The van der Waals surface area contributed by atoms with Crippen molar-refractivity contribution in [1.29, 1.82) is 0 Å². The summed E-state index contributed by atoms with van der Waals surface area (Å²) in [5.74, 6) is -1.23. The van der Waals surface area contributed by atoms with Gasteiger partial charge in [-0.25, -0.2) is 9.18 Å². The van der Waals surface area contributed by atoms with E-state index in [-0.39, 0.29) is 12.2 Å². The fourth-order valence-electron chi connectivity index (χ4n) is 1.76. The summed E-state index contributed by atoms with van der Waals surface area (Å²) in [5.41, 5.74) is -0.313. The minimum absolute atomic E-state index is 0.223. The topological polar surface area (TPSA) is 43.4 Å². The zero-order valence-electron chi connectivity index (χ0n) is 9.04. The molecule has 84 valence electrons. The van der Waals surface area contributed by atoms with Gasteiger partial charge in [0.15, 0.2) is 11.4 Å². The SMILES string of the molecule is CC(=O)C1(C)Cc2cc(F)ccc2C(=O)O1. The van der Waals surface area contributed by atoms with Gasteiger partial charge in [0.1, 0.15) is 5.82 Å². The number of rotatable bonds is 1. The van der Waals surface area contributed by atoms with Crippen LogP contribution in [-0.4, -0.2) is 17.4 Å². The molecule has 1 atom stereocenters. The number of carbonyl (C=O) groups excluding carboxylic acids is 2. The van der Waals surface area contributed by atoms with Gasteiger partial charge in [0.05, 0.1) is 5.56 Å². The van der Waals surface area contributed by atoms with E-state index in [9.17, 15) is 14.0 Å². The van der Waals surface area contributed by atoms with Gasteiger partial charge in [-0.1, -0.05) is 0 Å². The fourth-order valence-corrected chi connectivity index (χ4v) is 1.76. The Morgan fingerprint density at radius 2 is 2.19 bits per heavy atom. The van der Waals surface area contributed by atoms with Crippen molar-refractivity contribution in [3.8, 4) is 0 Å². The van der Waals surface area contributed by atoms with E-state index >= 15 is 0 Å². The summed E-state index contributed by atoms with van der Waals surface area (Å²) >= 11 is 0. The molecular weight excluding hydrogens is 211 g/mol. The van der Waals surface area contributed by atoms with Gasteiger partial charge in [0, 0.05) is 6.42 Å². The molecule has 3 nitrogen and oxygen atoms in total. The van der Waals surface area contributed by atoms with Gasteiger partial charge in [-0.2, -0.15) is 0 Å². The van der Waals surface area contributed by atoms with Gasteiger partial charge in [-0.3, -0.25) is 4.79 Å². The first-order chi connectivity index (χ1) is 7.42. The average molecular weight is 222 g/mol. The first-order valence-electron chi connectivity index (χ1n) is 4.95. The van der Waals surface area contributed by atoms with Crippen molar-refractivity contribution >= 4 is 11.8 Å². The summed E-state index contributed by atoms with van der Waals surface area (Å²) < 4.78 is 18.1. The smallest absolute Gasteiger partial charge is 0.339 e. The summed E-state index contributed by atoms with van der Waals surface area (Å²) in [7, 11) is 0. The van der Waals surface area contributed by atoms with Crippen LogP contribution in [-0.2, 0) is 16.0 Å². The van der Waals surface area contributed by atoms with Crippen LogP contribution in [0.2, 0.25) is 0 Å². The molecule has 1 heterocycles. The van der Waals surface area contributed by atoms with Crippen LogP contribution in [0.5, 0.6) is 0 Å². The van der Waals surface area contributed by atoms with E-state index in [0.29, 0.717) is 11.1 Å². The molecule has 0 fully saturated rings. The number of halogens is 1. The molecule has 4 heteroatoms. The van der Waals surface area contributed by atoms with E-state index in [1.807, 2.05) is 0 Å². The van der Waals surface area contributed by atoms with Crippen molar-refractivity contribution in [2.24, 2.45) is 0 Å². The van der Waals surface area contributed by atoms with E-state index in [1.165, 1.54) is 25.1 Å². The van der Waals surface area contributed by atoms with Crippen LogP contribution >= 0.6 is 0 Å². The number of esters is 1. The summed E-state index contributed by atoms with van der Waals surface area (Å²) in [6.45, 7) is 2.90. The molecule has 1 aromatic rings. The van der Waals surface area contributed by atoms with E-state index in [4.69, 9.17) is 4.74 Å². The summed E-state index contributed by atoms with van der Waals surface area (Å²) in [5, 5.41) is 0. The highest BCUT2D eigenvalue weighted by Gasteiger charge is 2.40. The van der Waals surface area contributed by atoms with Crippen molar-refractivity contribution < 1.29 is 18.7 Å². The normalized spacial score (nSPS) is 23.6. The lowest BCUT2D eigenvalue weighted by atomic mass is 9.87. The van der Waals surface area contributed by atoms with Crippen LogP contribution in [0.1, 0.15) is 29.8 Å². The second-order valence-electron chi connectivity index (χ2n) is 4.15. The quantitative estimate of drug-likeness (QED) is 0.681. The molecule has 1 aliphatic rings. The summed E-state index contributed by atoms with van der Waals surface area (Å²) in [4.78, 5) is 23.0. The molecule has 16 heavy (non-hydrogen) atoms. The largest absolute Gasteiger partial charge is 0.447 e. The first kappa shape index (κ1) is 10.8. The van der Waals surface area contributed by atoms with Crippen molar-refractivity contribution in [3.05, 3.63) is 35.1 Å². The lowest BCUT2D eigenvalue weighted by Gasteiger charge is -2.32. The Bertz CT molecular complexity index is 481. The van der Waals surface area contributed by atoms with E-state index in [0.717, 1.165) is 0 Å². The predicted octanol–water partition coefficient (Wildman–Crippen LogP) is 1.89. The molecular formula is C12H11FO3. The van der Waals surface area contributed by atoms with Gasteiger partial charge < -0.3 is 4.74 Å². The molecule has 0 radical (unpaired) electrons. The maximum absolute atomic E-state index is 13.0. The Hall–Kier alpha value is -1.71. The standard InChI is InChI=1S/C12H11FO3/c1-7(14)12(2)6-8-5-9(13)3-4-10(8)11(15)16-12/h3-5H,6H2,1-2H3. The number of benzene rings is 1. The Morgan fingerprint density at radius 3 is 2.81 bits per heavy atom. The number of hydrogen-bond donors (Lipinski definition) is 0. The molecule has 0 aromatic heterocycles. The molecule has 0 N–H and O–H groups in total. The van der Waals surface area contributed by atoms with Gasteiger partial charge in [0.2, 0.25) is 0 Å². The molecule has 0 aliphatic carbocycles. The lowest BCUT2D eigenvalue weighted by Crippen LogP contribution is -2.44. The maximum atomic E-state index is 13.0. The lowest BCUT2D eigenvalue weighted by molar-refractivity contribution is -0.135. The average Bonchev–Trinajstić information content (AvgIpc) is 2.16. The zero-order valence-corrected chi connectivity index (χ0v) is 9.04. The molecule has 0 spiro atoms. The second-order valence-corrected chi connectivity index (χ2v) is 4.15. The maximum Gasteiger partial charge on any atom is 0.339 e. The number of carbonyl (C=O) groups is 2. The molecule has 0 bridgehead atoms. The Morgan fingerprint density at radius 1 is 1.50 bits per heavy atom. The van der Waals surface area contributed by atoms with Crippen LogP contribution in [0.3, 0.4) is 0 Å². The third-order valence-corrected chi connectivity index (χ3v) is 2.88. The summed E-state index contributed by atoms with van der Waals surface area (Å²) in [6, 6.07) is 3.86. The van der Waals surface area contributed by atoms with Crippen LogP contribution < -0.4 is 0 Å². The van der Waals surface area contributed by atoms with Crippen LogP contribution in [0.25, 0.3) is 0 Å². The highest BCUT2D eigenvalue weighted by atomic mass is 19.1. The molecule has 0 saturated heterocycles. The van der Waals surface area contributed by atoms with Crippen LogP contribution in [0, 0.1) is 5.82 Å². The molecule has 2 rings (SSSR count). The van der Waals surface area contributed by atoms with E-state index in [1.54, 1.807) is 6.92 Å². The predicted molar refractivity (Wildman–Crippen MR) is 54.6 cm³/mol. The third-order valence-electron chi connectivity index (χ3n) is 2.88. The second kappa shape index (κ2) is 3.40. The third kappa shape index (κ3) is 1.60. The Kier molecular flexibility index (Phi) is 2.30. The molecule has 0 saturated carbocycles. The Balaban J connectivity index is 2.50. The molecule has 1 aliphatic heterocycles. The molecule has 0 amide bonds. The highest BCUT2D eigenvalue weighted by molar-refractivity contribution is 5.97. The van der Waals surface area contributed by atoms with Crippen LogP contribution in [0.15, 0.2) is 18.2 Å². The van der Waals surface area contributed by atoms with E-state index in [2.05, 4.69) is 0 Å². The number of hydrogen-bond acceptors (Lipinski definition) is 3. The molecule has 1 unspecified atom stereocenters. The number of ether oxygens (including phenoxy) is 1. The summed E-state index contributed by atoms with van der Waals surface area (Å²) in [6.07, 6.45) is 0.223. The van der Waals surface area contributed by atoms with Gasteiger partial charge in [-0.15, -0.1) is 0 Å². The number of cyclic esters (lactones) is 1. The minimum atomic E-state index is -1.17. The van der Waals surface area contributed by atoms with Crippen molar-refractivity contribution in [3.63, 3.8) is 0 Å². The number of Topliss-reactive ketones (excluding diaryl/α,β-unsaturated/α-hetero) is 1. The molecule has 1 aromatic carbocycles. The monoisotopic (exact) mass is 222 g/mol. The van der Waals surface area contributed by atoms with E-state index < -0.39 is 17.4 Å². The highest BCUT2D eigenvalue weighted by Crippen LogP contribution is 2.29.